The fourth-order valence-corrected chi connectivity index (χ4v) is 3.36. The van der Waals surface area contributed by atoms with Crippen LogP contribution in [0.25, 0.3) is 0 Å². The van der Waals surface area contributed by atoms with Crippen LogP contribution in [0.5, 0.6) is 0 Å². The molecule has 1 aliphatic heterocycles. The molecule has 1 aromatic heterocycles. The van der Waals surface area contributed by atoms with Gasteiger partial charge in [-0.1, -0.05) is 0 Å². The summed E-state index contributed by atoms with van der Waals surface area (Å²) >= 11 is 0. The number of likely N-dealkylation sites (tertiary alicyclic amines) is 1. The Bertz CT molecular complexity index is 804. The van der Waals surface area contributed by atoms with Crippen LogP contribution in [-0.4, -0.2) is 42.1 Å². The minimum Gasteiger partial charge on any atom is -0.468 e. The van der Waals surface area contributed by atoms with Crippen LogP contribution in [-0.2, 0) is 4.74 Å². The summed E-state index contributed by atoms with van der Waals surface area (Å²) in [6, 6.07) is 10.6. The van der Waals surface area contributed by atoms with E-state index in [1.165, 1.54) is 0 Å². The molecule has 2 aromatic rings. The summed E-state index contributed by atoms with van der Waals surface area (Å²) in [6.07, 6.45) is 3.46. The summed E-state index contributed by atoms with van der Waals surface area (Å²) in [5.41, 5.74) is 0.532. The maximum atomic E-state index is 12.6. The van der Waals surface area contributed by atoms with Gasteiger partial charge in [-0.05, 0) is 83.1 Å². The van der Waals surface area contributed by atoms with Gasteiger partial charge in [-0.25, -0.2) is 4.79 Å². The van der Waals surface area contributed by atoms with E-state index in [4.69, 9.17) is 9.15 Å². The highest BCUT2D eigenvalue weighted by Crippen LogP contribution is 2.25. The second-order valence-corrected chi connectivity index (χ2v) is 8.19. The third-order valence-electron chi connectivity index (χ3n) is 4.70. The number of ether oxygens (including phenoxy) is 1. The number of amides is 2. The molecule has 1 unspecified atom stereocenters. The SMILES string of the molecule is CC(C)(C)OC(=O)Nc1ccc(C(=O)NCC(c2ccco2)N2CCCC2)cc1. The predicted octanol–water partition coefficient (Wildman–Crippen LogP) is 4.19. The van der Waals surface area contributed by atoms with Gasteiger partial charge in [-0.3, -0.25) is 15.0 Å². The van der Waals surface area contributed by atoms with Crippen LogP contribution >= 0.6 is 0 Å². The van der Waals surface area contributed by atoms with E-state index < -0.39 is 11.7 Å². The summed E-state index contributed by atoms with van der Waals surface area (Å²) in [4.78, 5) is 26.8. The highest BCUT2D eigenvalue weighted by atomic mass is 16.6. The Balaban J connectivity index is 1.56. The van der Waals surface area contributed by atoms with E-state index in [0.717, 1.165) is 31.7 Å². The number of anilines is 1. The summed E-state index contributed by atoms with van der Waals surface area (Å²) < 4.78 is 10.8. The van der Waals surface area contributed by atoms with Crippen molar-refractivity contribution in [1.29, 1.82) is 0 Å². The highest BCUT2D eigenvalue weighted by Gasteiger charge is 2.26. The molecule has 1 atom stereocenters. The number of furan rings is 1. The molecule has 0 radical (unpaired) electrons. The first-order valence-electron chi connectivity index (χ1n) is 9.97. The van der Waals surface area contributed by atoms with E-state index in [9.17, 15) is 9.59 Å². The second kappa shape index (κ2) is 9.13. The molecule has 2 amide bonds. The van der Waals surface area contributed by atoms with Crippen LogP contribution in [0, 0.1) is 0 Å². The van der Waals surface area contributed by atoms with Gasteiger partial charge < -0.3 is 14.5 Å². The molecule has 2 N–H and O–H groups in total. The van der Waals surface area contributed by atoms with Crippen molar-refractivity contribution in [3.05, 3.63) is 54.0 Å². The monoisotopic (exact) mass is 399 g/mol. The summed E-state index contributed by atoms with van der Waals surface area (Å²) in [6.45, 7) is 7.90. The number of nitrogens with one attached hydrogen (secondary N) is 2. The van der Waals surface area contributed by atoms with Gasteiger partial charge in [0.05, 0.1) is 12.3 Å². The molecule has 0 aliphatic carbocycles. The Morgan fingerprint density at radius 3 is 2.41 bits per heavy atom. The highest BCUT2D eigenvalue weighted by molar-refractivity contribution is 5.95. The van der Waals surface area contributed by atoms with Gasteiger partial charge in [0.1, 0.15) is 11.4 Å². The average molecular weight is 399 g/mol. The lowest BCUT2D eigenvalue weighted by Gasteiger charge is -2.26. The van der Waals surface area contributed by atoms with Crippen molar-refractivity contribution in [2.75, 3.05) is 25.0 Å². The molecule has 7 nitrogen and oxygen atoms in total. The van der Waals surface area contributed by atoms with Gasteiger partial charge in [0.2, 0.25) is 0 Å². The van der Waals surface area contributed by atoms with E-state index in [1.54, 1.807) is 51.3 Å². The molecular weight excluding hydrogens is 370 g/mol. The molecule has 2 heterocycles. The number of benzene rings is 1. The number of nitrogens with zero attached hydrogens (tertiary/aromatic N) is 1. The van der Waals surface area contributed by atoms with Gasteiger partial charge in [-0.2, -0.15) is 0 Å². The number of hydrogen-bond donors (Lipinski definition) is 2. The van der Waals surface area contributed by atoms with Crippen molar-refractivity contribution >= 4 is 17.7 Å². The molecule has 7 heteroatoms. The molecule has 1 aliphatic rings. The lowest BCUT2D eigenvalue weighted by molar-refractivity contribution is 0.0635. The topological polar surface area (TPSA) is 83.8 Å². The van der Waals surface area contributed by atoms with Crippen molar-refractivity contribution in [3.8, 4) is 0 Å². The summed E-state index contributed by atoms with van der Waals surface area (Å²) in [7, 11) is 0. The van der Waals surface area contributed by atoms with Crippen LogP contribution in [0.1, 0.15) is 55.8 Å². The largest absolute Gasteiger partial charge is 0.468 e. The maximum Gasteiger partial charge on any atom is 0.412 e. The minimum absolute atomic E-state index is 0.0320. The van der Waals surface area contributed by atoms with Gasteiger partial charge in [0, 0.05) is 17.8 Å². The quantitative estimate of drug-likeness (QED) is 0.761. The molecule has 1 aromatic carbocycles. The minimum atomic E-state index is -0.566. The van der Waals surface area contributed by atoms with E-state index in [-0.39, 0.29) is 11.9 Å². The number of carbonyl (C=O) groups excluding carboxylic acids is 2. The van der Waals surface area contributed by atoms with E-state index in [0.29, 0.717) is 17.8 Å². The number of hydrogen-bond acceptors (Lipinski definition) is 5. The van der Waals surface area contributed by atoms with E-state index >= 15 is 0 Å². The van der Waals surface area contributed by atoms with Gasteiger partial charge in [-0.15, -0.1) is 0 Å². The first kappa shape index (κ1) is 20.9. The Hall–Kier alpha value is -2.80. The molecule has 0 spiro atoms. The number of rotatable bonds is 6. The summed E-state index contributed by atoms with van der Waals surface area (Å²) in [5.74, 6) is 0.702. The van der Waals surface area contributed by atoms with Crippen LogP contribution in [0.4, 0.5) is 10.5 Å². The molecule has 156 valence electrons. The van der Waals surface area contributed by atoms with Crippen molar-refractivity contribution in [3.63, 3.8) is 0 Å². The van der Waals surface area contributed by atoms with E-state index in [1.807, 2.05) is 12.1 Å². The third kappa shape index (κ3) is 6.09. The Labute approximate surface area is 171 Å². The fraction of sp³-hybridized carbons (Fsp3) is 0.455. The molecule has 0 bridgehead atoms. The van der Waals surface area contributed by atoms with Gasteiger partial charge >= 0.3 is 6.09 Å². The third-order valence-corrected chi connectivity index (χ3v) is 4.70. The smallest absolute Gasteiger partial charge is 0.412 e. The zero-order chi connectivity index (χ0) is 20.9. The molecule has 0 saturated carbocycles. The fourth-order valence-electron chi connectivity index (χ4n) is 3.36. The van der Waals surface area contributed by atoms with Crippen LogP contribution in [0.3, 0.4) is 0 Å². The maximum absolute atomic E-state index is 12.6. The summed E-state index contributed by atoms with van der Waals surface area (Å²) in [5, 5.41) is 5.66. The van der Waals surface area contributed by atoms with E-state index in [2.05, 4.69) is 15.5 Å². The van der Waals surface area contributed by atoms with Crippen molar-refractivity contribution in [1.82, 2.24) is 10.2 Å². The normalized spacial score (nSPS) is 15.7. The van der Waals surface area contributed by atoms with Crippen LogP contribution in [0.2, 0.25) is 0 Å². The first-order chi connectivity index (χ1) is 13.8. The van der Waals surface area contributed by atoms with Crippen molar-refractivity contribution in [2.45, 2.75) is 45.3 Å². The lowest BCUT2D eigenvalue weighted by Crippen LogP contribution is -2.36. The Kier molecular flexibility index (Phi) is 6.59. The van der Waals surface area contributed by atoms with Crippen molar-refractivity contribution in [2.24, 2.45) is 0 Å². The van der Waals surface area contributed by atoms with Crippen LogP contribution in [0.15, 0.2) is 47.1 Å². The standard InChI is InChI=1S/C22H29N3O4/c1-22(2,3)29-21(27)24-17-10-8-16(9-11-17)20(26)23-15-18(19-7-6-14-28-19)25-12-4-5-13-25/h6-11,14,18H,4-5,12-13,15H2,1-3H3,(H,23,26)(H,24,27). The first-order valence-corrected chi connectivity index (χ1v) is 9.97. The zero-order valence-corrected chi connectivity index (χ0v) is 17.2. The second-order valence-electron chi connectivity index (χ2n) is 8.19. The Morgan fingerprint density at radius 1 is 1.14 bits per heavy atom. The molecule has 1 fully saturated rings. The molecule has 29 heavy (non-hydrogen) atoms. The van der Waals surface area contributed by atoms with Gasteiger partial charge in [0.15, 0.2) is 0 Å². The molecular formula is C22H29N3O4. The number of carbonyl (C=O) groups is 2. The van der Waals surface area contributed by atoms with Crippen molar-refractivity contribution < 1.29 is 18.7 Å². The van der Waals surface area contributed by atoms with Crippen LogP contribution < -0.4 is 10.6 Å². The average Bonchev–Trinajstić information content (AvgIpc) is 3.35. The van der Waals surface area contributed by atoms with Gasteiger partial charge in [0.25, 0.3) is 5.91 Å². The predicted molar refractivity (Wildman–Crippen MR) is 111 cm³/mol. The molecule has 1 saturated heterocycles. The zero-order valence-electron chi connectivity index (χ0n) is 17.2. The molecule has 3 rings (SSSR count). The Morgan fingerprint density at radius 2 is 1.83 bits per heavy atom. The lowest BCUT2D eigenvalue weighted by atomic mass is 10.1.